The minimum absolute atomic E-state index is 0.0365. The number of pyridine rings is 1. The van der Waals surface area contributed by atoms with E-state index in [1.165, 1.54) is 0 Å². The van der Waals surface area contributed by atoms with Crippen LogP contribution in [0.15, 0.2) is 18.5 Å². The van der Waals surface area contributed by atoms with Crippen molar-refractivity contribution in [3.05, 3.63) is 24.0 Å². The average Bonchev–Trinajstić information content (AvgIpc) is 2.46. The Kier molecular flexibility index (Phi) is 4.11. The first-order valence-corrected chi connectivity index (χ1v) is 5.99. The third-order valence-electron chi connectivity index (χ3n) is 3.27. The second-order valence-electron chi connectivity index (χ2n) is 4.29. The molecule has 0 spiro atoms. The topological polar surface area (TPSA) is 80.5 Å². The number of hydrogen-bond donors (Lipinski definition) is 2. The van der Waals surface area contributed by atoms with Gasteiger partial charge in [0.25, 0.3) is 5.91 Å². The van der Waals surface area contributed by atoms with Crippen LogP contribution in [0.3, 0.4) is 0 Å². The van der Waals surface area contributed by atoms with Crippen LogP contribution < -0.4 is 11.3 Å². The Morgan fingerprint density at radius 2 is 2.28 bits per heavy atom. The van der Waals surface area contributed by atoms with Gasteiger partial charge in [0.05, 0.1) is 17.4 Å². The number of methoxy groups -OCH3 is 1. The predicted molar refractivity (Wildman–Crippen MR) is 68.0 cm³/mol. The molecule has 3 N–H and O–H groups in total. The first kappa shape index (κ1) is 12.8. The molecule has 98 valence electrons. The third kappa shape index (κ3) is 2.60. The molecule has 0 unspecified atom stereocenters. The molecular weight excluding hydrogens is 232 g/mol. The molecule has 2 rings (SSSR count). The van der Waals surface area contributed by atoms with Gasteiger partial charge in [0.15, 0.2) is 0 Å². The molecule has 1 amide bonds. The molecule has 18 heavy (non-hydrogen) atoms. The lowest BCUT2D eigenvalue weighted by atomic mass is 10.1. The molecule has 0 radical (unpaired) electrons. The lowest BCUT2D eigenvalue weighted by molar-refractivity contribution is 0.0351. The van der Waals surface area contributed by atoms with Crippen molar-refractivity contribution in [3.8, 4) is 0 Å². The number of anilines is 1. The van der Waals surface area contributed by atoms with Gasteiger partial charge in [-0.1, -0.05) is 0 Å². The number of nitrogens with one attached hydrogen (secondary N) is 1. The smallest absolute Gasteiger partial charge is 0.257 e. The van der Waals surface area contributed by atoms with Crippen molar-refractivity contribution in [2.75, 3.05) is 25.6 Å². The summed E-state index contributed by atoms with van der Waals surface area (Å²) >= 11 is 0. The van der Waals surface area contributed by atoms with Crippen LogP contribution in [0.1, 0.15) is 23.2 Å². The molecule has 0 atom stereocenters. The Bertz CT molecular complexity index is 416. The van der Waals surface area contributed by atoms with Crippen molar-refractivity contribution >= 4 is 11.6 Å². The van der Waals surface area contributed by atoms with Gasteiger partial charge in [-0.05, 0) is 18.9 Å². The van der Waals surface area contributed by atoms with Crippen LogP contribution in [0.2, 0.25) is 0 Å². The van der Waals surface area contributed by atoms with Crippen LogP contribution in [0.5, 0.6) is 0 Å². The number of hydrogen-bond acceptors (Lipinski definition) is 5. The number of nitrogens with two attached hydrogens (primary N) is 1. The summed E-state index contributed by atoms with van der Waals surface area (Å²) in [6, 6.07) is 1.69. The maximum Gasteiger partial charge on any atom is 0.257 e. The van der Waals surface area contributed by atoms with Crippen LogP contribution in [0.4, 0.5) is 5.69 Å². The minimum atomic E-state index is -0.0365. The van der Waals surface area contributed by atoms with E-state index in [-0.39, 0.29) is 12.0 Å². The van der Waals surface area contributed by atoms with E-state index < -0.39 is 0 Å². The number of nitrogen functional groups attached to an aromatic ring is 1. The van der Waals surface area contributed by atoms with E-state index in [1.54, 1.807) is 25.6 Å². The van der Waals surface area contributed by atoms with Gasteiger partial charge < -0.3 is 15.1 Å². The zero-order valence-corrected chi connectivity index (χ0v) is 10.4. The lowest BCUT2D eigenvalue weighted by Crippen LogP contribution is -2.41. The molecule has 0 bridgehead atoms. The minimum Gasteiger partial charge on any atom is -0.381 e. The molecule has 6 heteroatoms. The monoisotopic (exact) mass is 250 g/mol. The van der Waals surface area contributed by atoms with Crippen LogP contribution in [0, 0.1) is 0 Å². The second-order valence-corrected chi connectivity index (χ2v) is 4.29. The first-order valence-electron chi connectivity index (χ1n) is 5.99. The van der Waals surface area contributed by atoms with Crippen LogP contribution in [0.25, 0.3) is 0 Å². The van der Waals surface area contributed by atoms with E-state index in [0.717, 1.165) is 12.8 Å². The molecule has 1 fully saturated rings. The van der Waals surface area contributed by atoms with Crippen molar-refractivity contribution in [1.29, 1.82) is 0 Å². The van der Waals surface area contributed by atoms with E-state index >= 15 is 0 Å². The van der Waals surface area contributed by atoms with Gasteiger partial charge in [0.1, 0.15) is 0 Å². The Morgan fingerprint density at radius 1 is 1.56 bits per heavy atom. The van der Waals surface area contributed by atoms with E-state index in [9.17, 15) is 4.79 Å². The number of piperidine rings is 1. The number of amides is 1. The Balaban J connectivity index is 2.08. The summed E-state index contributed by atoms with van der Waals surface area (Å²) in [6.07, 6.45) is 5.14. The van der Waals surface area contributed by atoms with E-state index in [1.807, 2.05) is 4.90 Å². The van der Waals surface area contributed by atoms with Crippen LogP contribution in [-0.4, -0.2) is 42.1 Å². The van der Waals surface area contributed by atoms with Crippen molar-refractivity contribution < 1.29 is 9.53 Å². The number of hydrazine groups is 1. The van der Waals surface area contributed by atoms with Crippen molar-refractivity contribution in [2.24, 2.45) is 5.84 Å². The quantitative estimate of drug-likeness (QED) is 0.607. The van der Waals surface area contributed by atoms with Gasteiger partial charge in [-0.3, -0.25) is 15.6 Å². The number of carbonyl (C=O) groups is 1. The fraction of sp³-hybridized carbons (Fsp3) is 0.500. The molecule has 2 heterocycles. The fourth-order valence-electron chi connectivity index (χ4n) is 2.16. The largest absolute Gasteiger partial charge is 0.381 e. The second kappa shape index (κ2) is 5.79. The van der Waals surface area contributed by atoms with Gasteiger partial charge in [-0.2, -0.15) is 0 Å². The highest BCUT2D eigenvalue weighted by atomic mass is 16.5. The summed E-state index contributed by atoms with van der Waals surface area (Å²) in [6.45, 7) is 1.41. The van der Waals surface area contributed by atoms with Gasteiger partial charge in [0.2, 0.25) is 0 Å². The van der Waals surface area contributed by atoms with E-state index in [2.05, 4.69) is 10.4 Å². The number of likely N-dealkylation sites (tertiary alicyclic amines) is 1. The highest BCUT2D eigenvalue weighted by Crippen LogP contribution is 2.19. The average molecular weight is 250 g/mol. The third-order valence-corrected chi connectivity index (χ3v) is 3.27. The molecule has 0 aliphatic carbocycles. The predicted octanol–water partition coefficient (Wildman–Crippen LogP) is 0.618. The number of nitrogens with zero attached hydrogens (tertiary/aromatic N) is 2. The highest BCUT2D eigenvalue weighted by Gasteiger charge is 2.24. The molecule has 1 saturated heterocycles. The van der Waals surface area contributed by atoms with Crippen LogP contribution in [-0.2, 0) is 4.74 Å². The van der Waals surface area contributed by atoms with Gasteiger partial charge >= 0.3 is 0 Å². The highest BCUT2D eigenvalue weighted by molar-refractivity contribution is 5.99. The van der Waals surface area contributed by atoms with Crippen LogP contribution >= 0.6 is 0 Å². The summed E-state index contributed by atoms with van der Waals surface area (Å²) in [4.78, 5) is 18.1. The standard InChI is InChI=1S/C12H18N4O2/c1-18-9-3-6-16(7-4-9)12(17)10-8-14-5-2-11(10)15-13/h2,5,8-9H,3-4,6-7,13H2,1H3,(H,14,15). The van der Waals surface area contributed by atoms with Crippen molar-refractivity contribution in [1.82, 2.24) is 9.88 Å². The molecule has 1 aliphatic rings. The lowest BCUT2D eigenvalue weighted by Gasteiger charge is -2.31. The summed E-state index contributed by atoms with van der Waals surface area (Å²) in [5.74, 6) is 5.36. The summed E-state index contributed by atoms with van der Waals surface area (Å²) in [5.41, 5.74) is 3.63. The molecular formula is C12H18N4O2. The SMILES string of the molecule is COC1CCN(C(=O)c2cnccc2NN)CC1. The first-order chi connectivity index (χ1) is 8.76. The number of aromatic nitrogens is 1. The molecule has 0 saturated carbocycles. The Hall–Kier alpha value is -1.66. The normalized spacial score (nSPS) is 16.7. The Morgan fingerprint density at radius 3 is 2.89 bits per heavy atom. The van der Waals surface area contributed by atoms with Gasteiger partial charge in [-0.25, -0.2) is 0 Å². The molecule has 0 aromatic carbocycles. The molecule has 1 aromatic rings. The van der Waals surface area contributed by atoms with E-state index in [0.29, 0.717) is 24.3 Å². The zero-order chi connectivity index (χ0) is 13.0. The van der Waals surface area contributed by atoms with E-state index in [4.69, 9.17) is 10.6 Å². The molecule has 6 nitrogen and oxygen atoms in total. The zero-order valence-electron chi connectivity index (χ0n) is 10.4. The Labute approximate surface area is 106 Å². The summed E-state index contributed by atoms with van der Waals surface area (Å²) in [5, 5.41) is 0. The summed E-state index contributed by atoms with van der Waals surface area (Å²) in [7, 11) is 1.71. The summed E-state index contributed by atoms with van der Waals surface area (Å²) < 4.78 is 5.29. The van der Waals surface area contributed by atoms with Crippen molar-refractivity contribution in [3.63, 3.8) is 0 Å². The van der Waals surface area contributed by atoms with Gasteiger partial charge in [-0.15, -0.1) is 0 Å². The molecule has 1 aromatic heterocycles. The number of carbonyl (C=O) groups excluding carboxylic acids is 1. The number of rotatable bonds is 3. The number of ether oxygens (including phenoxy) is 1. The maximum atomic E-state index is 12.3. The van der Waals surface area contributed by atoms with Crippen molar-refractivity contribution in [2.45, 2.75) is 18.9 Å². The maximum absolute atomic E-state index is 12.3. The fourth-order valence-corrected chi connectivity index (χ4v) is 2.16. The molecule has 1 aliphatic heterocycles. The van der Waals surface area contributed by atoms with Gasteiger partial charge in [0, 0.05) is 32.6 Å².